The molecule has 2 heterocycles. The van der Waals surface area contributed by atoms with Crippen molar-refractivity contribution in [1.29, 1.82) is 0 Å². The number of carbonyl (C=O) groups is 1. The van der Waals surface area contributed by atoms with Crippen LogP contribution in [0.2, 0.25) is 0 Å². The summed E-state index contributed by atoms with van der Waals surface area (Å²) in [4.78, 5) is 39.5. The molecule has 1 aliphatic rings. The van der Waals surface area contributed by atoms with Crippen molar-refractivity contribution in [3.63, 3.8) is 0 Å². The molecule has 3 atom stereocenters. The Bertz CT molecular complexity index is 957. The van der Waals surface area contributed by atoms with E-state index in [2.05, 4.69) is 10.1 Å². The van der Waals surface area contributed by atoms with E-state index < -0.39 is 29.4 Å². The molecule has 2 aromatic rings. The maximum atomic E-state index is 12.5. The standard InChI is InChI=1S/C18H23N5O4/c1-21-11-12(10-19-21)6-7-16(25)22(2)13-4-3-5-14(17(13)26)23-9-8-15(24)20-18(23)27/h6-11,13-14,17,26H,3-5H2,1-2H3,(H,20,24,27)/b7-6+/t13-,14-,17-/m0/s1. The molecular formula is C18H23N5O4. The number of aromatic nitrogens is 4. The van der Waals surface area contributed by atoms with Gasteiger partial charge in [-0.2, -0.15) is 5.10 Å². The normalized spacial score (nSPS) is 22.9. The van der Waals surface area contributed by atoms with E-state index in [0.29, 0.717) is 12.8 Å². The van der Waals surface area contributed by atoms with Crippen molar-refractivity contribution >= 4 is 12.0 Å². The van der Waals surface area contributed by atoms with Crippen molar-refractivity contribution in [2.45, 2.75) is 37.5 Å². The molecule has 3 rings (SSSR count). The van der Waals surface area contributed by atoms with Crippen LogP contribution in [0.25, 0.3) is 6.08 Å². The fourth-order valence-electron chi connectivity index (χ4n) is 3.52. The van der Waals surface area contributed by atoms with Crippen molar-refractivity contribution < 1.29 is 9.90 Å². The number of H-pyrrole nitrogens is 1. The van der Waals surface area contributed by atoms with Crippen LogP contribution >= 0.6 is 0 Å². The first-order chi connectivity index (χ1) is 12.9. The van der Waals surface area contributed by atoms with Crippen molar-refractivity contribution in [2.24, 2.45) is 7.05 Å². The zero-order chi connectivity index (χ0) is 19.6. The summed E-state index contributed by atoms with van der Waals surface area (Å²) in [5.41, 5.74) is -0.232. The largest absolute Gasteiger partial charge is 0.389 e. The molecule has 1 aliphatic carbocycles. The van der Waals surface area contributed by atoms with Crippen molar-refractivity contribution in [3.8, 4) is 0 Å². The maximum Gasteiger partial charge on any atom is 0.328 e. The summed E-state index contributed by atoms with van der Waals surface area (Å²) in [5, 5.41) is 14.8. The number of amides is 1. The summed E-state index contributed by atoms with van der Waals surface area (Å²) in [6.45, 7) is 0. The van der Waals surface area contributed by atoms with Crippen molar-refractivity contribution in [1.82, 2.24) is 24.2 Å². The molecule has 0 aromatic carbocycles. The second-order valence-corrected chi connectivity index (χ2v) is 6.80. The Hall–Kier alpha value is -2.94. The minimum Gasteiger partial charge on any atom is -0.389 e. The molecule has 0 bridgehead atoms. The van der Waals surface area contributed by atoms with Gasteiger partial charge in [0.1, 0.15) is 0 Å². The van der Waals surface area contributed by atoms with Crippen LogP contribution in [0.15, 0.2) is 40.3 Å². The van der Waals surface area contributed by atoms with Gasteiger partial charge in [0, 0.05) is 44.2 Å². The summed E-state index contributed by atoms with van der Waals surface area (Å²) in [5.74, 6) is -0.239. The molecule has 9 nitrogen and oxygen atoms in total. The van der Waals surface area contributed by atoms with Gasteiger partial charge in [0.05, 0.1) is 24.4 Å². The number of rotatable bonds is 4. The highest BCUT2D eigenvalue weighted by molar-refractivity contribution is 5.91. The topological polar surface area (TPSA) is 113 Å². The molecular weight excluding hydrogens is 350 g/mol. The number of hydrogen-bond acceptors (Lipinski definition) is 5. The average molecular weight is 373 g/mol. The maximum absolute atomic E-state index is 12.5. The van der Waals surface area contributed by atoms with Crippen LogP contribution in [0.1, 0.15) is 30.9 Å². The van der Waals surface area contributed by atoms with Gasteiger partial charge in [0.2, 0.25) is 5.91 Å². The summed E-state index contributed by atoms with van der Waals surface area (Å²) in [7, 11) is 3.43. The molecule has 1 saturated carbocycles. The third-order valence-corrected chi connectivity index (χ3v) is 4.98. The van der Waals surface area contributed by atoms with Crippen LogP contribution in [0.4, 0.5) is 0 Å². The average Bonchev–Trinajstić information content (AvgIpc) is 3.05. The molecule has 0 unspecified atom stereocenters. The first kappa shape index (κ1) is 18.8. The minimum atomic E-state index is -0.914. The predicted octanol–water partition coefficient (Wildman–Crippen LogP) is -0.104. The van der Waals surface area contributed by atoms with Gasteiger partial charge in [-0.15, -0.1) is 0 Å². The van der Waals surface area contributed by atoms with E-state index in [0.717, 1.165) is 12.0 Å². The number of aromatic amines is 1. The van der Waals surface area contributed by atoms with E-state index >= 15 is 0 Å². The van der Waals surface area contributed by atoms with Crippen LogP contribution in [0.5, 0.6) is 0 Å². The van der Waals surface area contributed by atoms with Gasteiger partial charge in [-0.25, -0.2) is 4.79 Å². The lowest BCUT2D eigenvalue weighted by Gasteiger charge is -2.39. The molecule has 0 spiro atoms. The summed E-state index contributed by atoms with van der Waals surface area (Å²) in [6.07, 6.45) is 9.02. The summed E-state index contributed by atoms with van der Waals surface area (Å²) >= 11 is 0. The van der Waals surface area contributed by atoms with Crippen molar-refractivity contribution in [2.75, 3.05) is 7.05 Å². The Labute approximate surface area is 155 Å². The number of aliphatic hydroxyl groups excluding tert-OH is 1. The van der Waals surface area contributed by atoms with Gasteiger partial charge in [-0.1, -0.05) is 0 Å². The van der Waals surface area contributed by atoms with Crippen LogP contribution < -0.4 is 11.2 Å². The Kier molecular flexibility index (Phi) is 5.41. The number of nitrogens with one attached hydrogen (secondary N) is 1. The molecule has 1 amide bonds. The fourth-order valence-corrected chi connectivity index (χ4v) is 3.52. The number of aryl methyl sites for hydroxylation is 1. The number of likely N-dealkylation sites (N-methyl/N-ethyl adjacent to an activating group) is 1. The third-order valence-electron chi connectivity index (χ3n) is 4.98. The van der Waals surface area contributed by atoms with Gasteiger partial charge in [0.15, 0.2) is 0 Å². The zero-order valence-electron chi connectivity index (χ0n) is 15.3. The SMILES string of the molecule is CN(C(=O)/C=C/c1cnn(C)c1)[C@H]1CCC[C@H](n2ccc(=O)[nH]c2=O)[C@H]1O. The molecule has 2 N–H and O–H groups in total. The lowest BCUT2D eigenvalue weighted by molar-refractivity contribution is -0.131. The zero-order valence-corrected chi connectivity index (χ0v) is 15.3. The van der Waals surface area contributed by atoms with Crippen LogP contribution in [0.3, 0.4) is 0 Å². The predicted molar refractivity (Wildman–Crippen MR) is 99.0 cm³/mol. The number of nitrogens with zero attached hydrogens (tertiary/aromatic N) is 4. The van der Waals surface area contributed by atoms with E-state index in [-0.39, 0.29) is 5.91 Å². The minimum absolute atomic E-state index is 0.239. The van der Waals surface area contributed by atoms with Gasteiger partial charge in [-0.3, -0.25) is 23.8 Å². The second kappa shape index (κ2) is 7.75. The highest BCUT2D eigenvalue weighted by Crippen LogP contribution is 2.30. The molecule has 9 heteroatoms. The lowest BCUT2D eigenvalue weighted by atomic mass is 9.87. The Morgan fingerprint density at radius 3 is 2.85 bits per heavy atom. The molecule has 1 fully saturated rings. The summed E-state index contributed by atoms with van der Waals surface area (Å²) < 4.78 is 2.98. The number of carbonyl (C=O) groups excluding carboxylic acids is 1. The highest BCUT2D eigenvalue weighted by Gasteiger charge is 2.36. The fraction of sp³-hybridized carbons (Fsp3) is 0.444. The van der Waals surface area contributed by atoms with Crippen molar-refractivity contribution in [3.05, 3.63) is 57.1 Å². The Balaban J connectivity index is 1.75. The van der Waals surface area contributed by atoms with Gasteiger partial charge >= 0.3 is 5.69 Å². The van der Waals surface area contributed by atoms with Gasteiger partial charge in [-0.05, 0) is 25.3 Å². The monoisotopic (exact) mass is 373 g/mol. The van der Waals surface area contributed by atoms with E-state index in [4.69, 9.17) is 0 Å². The lowest BCUT2D eigenvalue weighted by Crippen LogP contribution is -2.51. The quantitative estimate of drug-likeness (QED) is 0.727. The van der Waals surface area contributed by atoms with E-state index in [1.54, 1.807) is 37.2 Å². The molecule has 0 aliphatic heterocycles. The first-order valence-corrected chi connectivity index (χ1v) is 8.80. The van der Waals surface area contributed by atoms with Crippen LogP contribution in [0, 0.1) is 0 Å². The van der Waals surface area contributed by atoms with E-state index in [9.17, 15) is 19.5 Å². The first-order valence-electron chi connectivity index (χ1n) is 8.80. The van der Waals surface area contributed by atoms with E-state index in [1.165, 1.54) is 27.8 Å². The Morgan fingerprint density at radius 1 is 1.41 bits per heavy atom. The third kappa shape index (κ3) is 4.08. The molecule has 0 radical (unpaired) electrons. The van der Waals surface area contributed by atoms with Gasteiger partial charge < -0.3 is 10.0 Å². The number of hydrogen-bond donors (Lipinski definition) is 2. The molecule has 2 aromatic heterocycles. The second-order valence-electron chi connectivity index (χ2n) is 6.80. The van der Waals surface area contributed by atoms with E-state index in [1.807, 2.05) is 0 Å². The smallest absolute Gasteiger partial charge is 0.328 e. The highest BCUT2D eigenvalue weighted by atomic mass is 16.3. The van der Waals surface area contributed by atoms with Crippen LogP contribution in [-0.4, -0.2) is 54.4 Å². The molecule has 27 heavy (non-hydrogen) atoms. The van der Waals surface area contributed by atoms with Gasteiger partial charge in [0.25, 0.3) is 5.56 Å². The molecule has 144 valence electrons. The molecule has 0 saturated heterocycles. The summed E-state index contributed by atoms with van der Waals surface area (Å²) in [6, 6.07) is 0.336. The number of aliphatic hydroxyl groups is 1. The Morgan fingerprint density at radius 2 is 2.19 bits per heavy atom. The van der Waals surface area contributed by atoms with Crippen LogP contribution in [-0.2, 0) is 11.8 Å².